The molecule has 1 aliphatic rings. The second-order valence-corrected chi connectivity index (χ2v) is 25.6. The average molecular weight is 672 g/mol. The van der Waals surface area contributed by atoms with E-state index in [-0.39, 0.29) is 48.0 Å². The van der Waals surface area contributed by atoms with Gasteiger partial charge in [0.2, 0.25) is 0 Å². The Morgan fingerprint density at radius 2 is 0.917 bits per heavy atom. The van der Waals surface area contributed by atoms with Gasteiger partial charge in [-0.2, -0.15) is 0 Å². The van der Waals surface area contributed by atoms with Gasteiger partial charge in [0.05, 0.1) is 0 Å². The molecule has 0 saturated carbocycles. The standard InChI is InChI=1S/C20H28As2.2HI/c1-21(2)15-9-10-16-22(3,4)20-14-8-6-12-18(20)17-11-5-7-13-19(17)21;;/h5-8,11-14H,9-10,15-16H2,1-4H3;2*1H/q+2;;/p-2. The van der Waals surface area contributed by atoms with E-state index >= 15 is 0 Å². The van der Waals surface area contributed by atoms with Crippen molar-refractivity contribution in [1.82, 2.24) is 0 Å². The fourth-order valence-electron chi connectivity index (χ4n) is 3.71. The molecule has 0 aliphatic carbocycles. The molecule has 1 aliphatic heterocycles. The van der Waals surface area contributed by atoms with Gasteiger partial charge in [-0.1, -0.05) is 0 Å². The second-order valence-electron chi connectivity index (χ2n) is 7.56. The maximum absolute atomic E-state index is 2.59. The van der Waals surface area contributed by atoms with E-state index in [1.807, 2.05) is 0 Å². The Labute approximate surface area is 187 Å². The molecule has 0 spiro atoms. The summed E-state index contributed by atoms with van der Waals surface area (Å²) in [7, 11) is 0. The van der Waals surface area contributed by atoms with E-state index in [2.05, 4.69) is 71.4 Å². The van der Waals surface area contributed by atoms with Crippen LogP contribution in [0.2, 0.25) is 33.3 Å². The summed E-state index contributed by atoms with van der Waals surface area (Å²) in [5.41, 5.74) is 13.5. The average Bonchev–Trinajstić information content (AvgIpc) is 2.51. The molecule has 0 aromatic heterocycles. The van der Waals surface area contributed by atoms with Gasteiger partial charge in [0.25, 0.3) is 0 Å². The van der Waals surface area contributed by atoms with Crippen LogP contribution >= 0.6 is 0 Å². The SMILES string of the molecule is C[As+]1(C)CCCC[As+](C)(C)c2ccccc2-c2ccccc21.[I-].[I-]. The van der Waals surface area contributed by atoms with E-state index < -0.39 is 27.1 Å². The largest absolute Gasteiger partial charge is 1.00 e. The molecule has 0 saturated heterocycles. The number of halogens is 2. The van der Waals surface area contributed by atoms with Gasteiger partial charge in [-0.3, -0.25) is 0 Å². The fraction of sp³-hybridized carbons (Fsp3) is 0.400. The molecule has 0 nitrogen and oxygen atoms in total. The van der Waals surface area contributed by atoms with E-state index in [4.69, 9.17) is 0 Å². The topological polar surface area (TPSA) is 0 Å². The minimum Gasteiger partial charge on any atom is -1.00 e. The van der Waals surface area contributed by atoms with E-state index in [1.165, 1.54) is 23.3 Å². The number of rotatable bonds is 0. The van der Waals surface area contributed by atoms with Crippen LogP contribution in [0.5, 0.6) is 0 Å². The maximum Gasteiger partial charge on any atom is -1.00 e. The van der Waals surface area contributed by atoms with E-state index in [0.717, 1.165) is 0 Å². The van der Waals surface area contributed by atoms with Crippen molar-refractivity contribution < 1.29 is 48.0 Å². The molecule has 0 fully saturated rings. The van der Waals surface area contributed by atoms with Crippen molar-refractivity contribution >= 4 is 35.8 Å². The first kappa shape index (κ1) is 23.1. The molecule has 0 bridgehead atoms. The van der Waals surface area contributed by atoms with Crippen molar-refractivity contribution in [3.63, 3.8) is 0 Å². The third-order valence-corrected chi connectivity index (χ3v) is 18.2. The molecule has 0 N–H and O–H groups in total. The summed E-state index contributed by atoms with van der Waals surface area (Å²) in [5.74, 6) is 0. The van der Waals surface area contributed by atoms with Crippen LogP contribution in [-0.2, 0) is 0 Å². The summed E-state index contributed by atoms with van der Waals surface area (Å²) in [4.78, 5) is 0. The number of hydrogen-bond donors (Lipinski definition) is 0. The van der Waals surface area contributed by atoms with Crippen LogP contribution in [0.15, 0.2) is 48.5 Å². The van der Waals surface area contributed by atoms with Crippen molar-refractivity contribution in [3.05, 3.63) is 48.5 Å². The summed E-state index contributed by atoms with van der Waals surface area (Å²) in [6, 6.07) is 18.6. The first-order valence-corrected chi connectivity index (χ1v) is 20.3. The minimum absolute atomic E-state index is 0. The Morgan fingerprint density at radius 3 is 1.29 bits per heavy atom. The van der Waals surface area contributed by atoms with Crippen LogP contribution in [0.3, 0.4) is 0 Å². The molecule has 24 heavy (non-hydrogen) atoms. The van der Waals surface area contributed by atoms with Gasteiger partial charge in [0.15, 0.2) is 0 Å². The fourth-order valence-corrected chi connectivity index (χ4v) is 14.6. The molecule has 0 amide bonds. The predicted octanol–water partition coefficient (Wildman–Crippen LogP) is -1.01. The molecule has 132 valence electrons. The first-order valence-electron chi connectivity index (χ1n) is 8.27. The molecule has 2 aromatic carbocycles. The Balaban J connectivity index is 0.00000144. The van der Waals surface area contributed by atoms with Gasteiger partial charge in [-0.15, -0.1) is 0 Å². The summed E-state index contributed by atoms with van der Waals surface area (Å²) >= 11 is -3.45. The molecule has 0 unspecified atom stereocenters. The molecule has 0 radical (unpaired) electrons. The van der Waals surface area contributed by atoms with Crippen molar-refractivity contribution in [2.45, 2.75) is 46.1 Å². The summed E-state index contributed by atoms with van der Waals surface area (Å²) < 4.78 is 3.40. The Bertz CT molecular complexity index is 621. The Morgan fingerprint density at radius 1 is 0.583 bits per heavy atom. The number of fused-ring (bicyclic) bond motifs is 3. The van der Waals surface area contributed by atoms with Gasteiger partial charge in [-0.05, 0) is 0 Å². The molecule has 1 heterocycles. The zero-order valence-electron chi connectivity index (χ0n) is 15.1. The van der Waals surface area contributed by atoms with Crippen LogP contribution < -0.4 is 56.7 Å². The van der Waals surface area contributed by atoms with Gasteiger partial charge in [0, 0.05) is 0 Å². The van der Waals surface area contributed by atoms with Gasteiger partial charge < -0.3 is 48.0 Å². The summed E-state index contributed by atoms with van der Waals surface area (Å²) in [5, 5.41) is 2.93. The minimum atomic E-state index is -1.73. The molecular formula is C20H28As2I2. The first-order chi connectivity index (χ1) is 10.4. The van der Waals surface area contributed by atoms with E-state index in [0.29, 0.717) is 0 Å². The van der Waals surface area contributed by atoms with Crippen molar-refractivity contribution in [3.8, 4) is 11.1 Å². The third kappa shape index (κ3) is 4.84. The Kier molecular flexibility index (Phi) is 8.92. The molecular weight excluding hydrogens is 644 g/mol. The van der Waals surface area contributed by atoms with Crippen molar-refractivity contribution in [2.24, 2.45) is 0 Å². The quantitative estimate of drug-likeness (QED) is 0.249. The molecule has 3 rings (SSSR count). The van der Waals surface area contributed by atoms with Crippen LogP contribution in [-0.4, -0.2) is 27.1 Å². The van der Waals surface area contributed by atoms with Crippen LogP contribution in [0, 0.1) is 0 Å². The van der Waals surface area contributed by atoms with Gasteiger partial charge >= 0.3 is 142 Å². The normalized spacial score (nSPS) is 18.2. The summed E-state index contributed by atoms with van der Waals surface area (Å²) in [6.45, 7) is 0. The predicted molar refractivity (Wildman–Crippen MR) is 105 cm³/mol. The summed E-state index contributed by atoms with van der Waals surface area (Å²) in [6.07, 6.45) is 2.86. The number of hydrogen-bond acceptors (Lipinski definition) is 0. The van der Waals surface area contributed by atoms with E-state index in [1.54, 1.807) is 19.8 Å². The molecule has 2 aromatic rings. The van der Waals surface area contributed by atoms with E-state index in [9.17, 15) is 0 Å². The monoisotopic (exact) mass is 672 g/mol. The Hall–Kier alpha value is 1.02. The zero-order valence-corrected chi connectivity index (χ0v) is 23.2. The van der Waals surface area contributed by atoms with Gasteiger partial charge in [-0.25, -0.2) is 0 Å². The van der Waals surface area contributed by atoms with Crippen LogP contribution in [0.1, 0.15) is 12.8 Å². The third-order valence-electron chi connectivity index (χ3n) is 5.09. The van der Waals surface area contributed by atoms with Crippen molar-refractivity contribution in [2.75, 3.05) is 0 Å². The zero-order chi connectivity index (χ0) is 15.8. The van der Waals surface area contributed by atoms with Crippen molar-refractivity contribution in [1.29, 1.82) is 0 Å². The van der Waals surface area contributed by atoms with Gasteiger partial charge in [0.1, 0.15) is 0 Å². The smallest absolute Gasteiger partial charge is 1.00 e. The molecule has 0 atom stereocenters. The van der Waals surface area contributed by atoms with Crippen LogP contribution in [0.25, 0.3) is 11.1 Å². The second kappa shape index (κ2) is 9.29. The maximum atomic E-state index is 2.59. The van der Waals surface area contributed by atoms with Crippen LogP contribution in [0.4, 0.5) is 0 Å². The molecule has 4 heteroatoms. The number of benzene rings is 2.